The smallest absolute Gasteiger partial charge is 0.277 e. The number of fused-ring (bicyclic) bond motifs is 1. The summed E-state index contributed by atoms with van der Waals surface area (Å²) >= 11 is 0. The Morgan fingerprint density at radius 1 is 1.18 bits per heavy atom. The number of sulfone groups is 1. The van der Waals surface area contributed by atoms with Gasteiger partial charge >= 0.3 is 0 Å². The highest BCUT2D eigenvalue weighted by Gasteiger charge is 2.20. The lowest BCUT2D eigenvalue weighted by atomic mass is 10.1. The van der Waals surface area contributed by atoms with Crippen molar-refractivity contribution in [1.82, 2.24) is 24.7 Å². The number of rotatable bonds is 8. The van der Waals surface area contributed by atoms with Crippen LogP contribution in [0.25, 0.3) is 22.4 Å². The Labute approximate surface area is 197 Å². The number of benzene rings is 1. The molecule has 3 heterocycles. The highest BCUT2D eigenvalue weighted by atomic mass is 32.2. The lowest BCUT2D eigenvalue weighted by Crippen LogP contribution is -2.15. The molecule has 0 saturated carbocycles. The van der Waals surface area contributed by atoms with Crippen molar-refractivity contribution in [2.24, 2.45) is 5.92 Å². The van der Waals surface area contributed by atoms with Crippen LogP contribution in [0.4, 0.5) is 0 Å². The summed E-state index contributed by atoms with van der Waals surface area (Å²) in [6.07, 6.45) is 3.40. The van der Waals surface area contributed by atoms with Crippen molar-refractivity contribution in [3.05, 3.63) is 64.3 Å². The van der Waals surface area contributed by atoms with Crippen LogP contribution >= 0.6 is 0 Å². The highest BCUT2D eigenvalue weighted by molar-refractivity contribution is 7.90. The van der Waals surface area contributed by atoms with E-state index >= 15 is 0 Å². The van der Waals surface area contributed by atoms with Gasteiger partial charge in [-0.3, -0.25) is 14.5 Å². The fourth-order valence-electron chi connectivity index (χ4n) is 3.58. The Morgan fingerprint density at radius 2 is 1.97 bits per heavy atom. The summed E-state index contributed by atoms with van der Waals surface area (Å²) < 4.78 is 31.9. The maximum absolute atomic E-state index is 13.2. The van der Waals surface area contributed by atoms with Gasteiger partial charge in [0, 0.05) is 12.5 Å². The Bertz CT molecular complexity index is 1490. The molecule has 0 radical (unpaired) electrons. The zero-order valence-corrected chi connectivity index (χ0v) is 20.4. The number of pyridine rings is 1. The normalized spacial score (nSPS) is 11.9. The largest absolute Gasteiger partial charge is 0.493 e. The summed E-state index contributed by atoms with van der Waals surface area (Å²) in [6, 6.07) is 10.1. The first-order valence-electron chi connectivity index (χ1n) is 11.0. The molecule has 0 fully saturated rings. The summed E-state index contributed by atoms with van der Waals surface area (Å²) in [6.45, 7) is 6.73. The van der Waals surface area contributed by atoms with Gasteiger partial charge in [-0.2, -0.15) is 5.10 Å². The zero-order chi connectivity index (χ0) is 24.5. The van der Waals surface area contributed by atoms with E-state index in [-0.39, 0.29) is 22.2 Å². The van der Waals surface area contributed by atoms with Crippen molar-refractivity contribution in [1.29, 1.82) is 0 Å². The fourth-order valence-corrected chi connectivity index (χ4v) is 4.23. The summed E-state index contributed by atoms with van der Waals surface area (Å²) in [4.78, 5) is 25.2. The van der Waals surface area contributed by atoms with Crippen molar-refractivity contribution in [3.8, 4) is 17.1 Å². The molecule has 3 aromatic heterocycles. The number of H-pyrrole nitrogens is 1. The molecule has 0 unspecified atom stereocenters. The second kappa shape index (κ2) is 9.38. The SMILES string of the molecule is CCc1nn(Cc2ccccn2)c2c(=O)[nH]c(-c3cc(S(C)(=O)=O)ccc3OCC(C)C)nc12. The summed E-state index contributed by atoms with van der Waals surface area (Å²) in [7, 11) is -3.48. The van der Waals surface area contributed by atoms with Crippen LogP contribution in [-0.4, -0.2) is 46.0 Å². The molecule has 34 heavy (non-hydrogen) atoms. The quantitative estimate of drug-likeness (QED) is 0.410. The van der Waals surface area contributed by atoms with E-state index < -0.39 is 9.84 Å². The second-order valence-corrected chi connectivity index (χ2v) is 10.5. The predicted octanol–water partition coefficient (Wildman–Crippen LogP) is 3.23. The number of nitrogens with zero attached hydrogens (tertiary/aromatic N) is 4. The van der Waals surface area contributed by atoms with Gasteiger partial charge in [0.2, 0.25) is 0 Å². The first-order chi connectivity index (χ1) is 16.2. The number of aryl methyl sites for hydroxylation is 1. The van der Waals surface area contributed by atoms with Crippen molar-refractivity contribution in [2.75, 3.05) is 12.9 Å². The van der Waals surface area contributed by atoms with E-state index in [0.717, 1.165) is 11.9 Å². The molecule has 0 aliphatic carbocycles. The van der Waals surface area contributed by atoms with Crippen molar-refractivity contribution in [2.45, 2.75) is 38.6 Å². The molecule has 0 bridgehead atoms. The molecular formula is C24H27N5O4S. The third kappa shape index (κ3) is 4.86. The average molecular weight is 482 g/mol. The first kappa shape index (κ1) is 23.6. The fraction of sp³-hybridized carbons (Fsp3) is 0.333. The van der Waals surface area contributed by atoms with Crippen LogP contribution in [0, 0.1) is 5.92 Å². The van der Waals surface area contributed by atoms with Gasteiger partial charge in [0.1, 0.15) is 17.1 Å². The first-order valence-corrected chi connectivity index (χ1v) is 12.9. The van der Waals surface area contributed by atoms with Crippen molar-refractivity contribution >= 4 is 20.9 Å². The topological polar surface area (TPSA) is 120 Å². The number of aromatic nitrogens is 5. The van der Waals surface area contributed by atoms with Crippen LogP contribution in [0.15, 0.2) is 52.3 Å². The Balaban J connectivity index is 1.89. The van der Waals surface area contributed by atoms with Crippen LogP contribution in [-0.2, 0) is 22.8 Å². The van der Waals surface area contributed by atoms with E-state index in [1.54, 1.807) is 16.9 Å². The van der Waals surface area contributed by atoms with Crippen LogP contribution in [0.3, 0.4) is 0 Å². The monoisotopic (exact) mass is 481 g/mol. The van der Waals surface area contributed by atoms with Crippen molar-refractivity contribution in [3.63, 3.8) is 0 Å². The van der Waals surface area contributed by atoms with Gasteiger partial charge < -0.3 is 9.72 Å². The maximum Gasteiger partial charge on any atom is 0.277 e. The third-order valence-corrected chi connectivity index (χ3v) is 6.36. The van der Waals surface area contributed by atoms with Gasteiger partial charge in [-0.05, 0) is 42.7 Å². The van der Waals surface area contributed by atoms with E-state index in [1.807, 2.05) is 39.0 Å². The van der Waals surface area contributed by atoms with Gasteiger partial charge in [0.15, 0.2) is 15.4 Å². The molecule has 1 N–H and O–H groups in total. The number of hydrogen-bond acceptors (Lipinski definition) is 7. The van der Waals surface area contributed by atoms with Crippen LogP contribution < -0.4 is 10.3 Å². The van der Waals surface area contributed by atoms with Crippen LogP contribution in [0.5, 0.6) is 5.75 Å². The summed E-state index contributed by atoms with van der Waals surface area (Å²) in [5.74, 6) is 0.935. The number of nitrogens with one attached hydrogen (secondary N) is 1. The maximum atomic E-state index is 13.2. The van der Waals surface area contributed by atoms with E-state index in [1.165, 1.54) is 12.1 Å². The van der Waals surface area contributed by atoms with E-state index in [9.17, 15) is 13.2 Å². The molecule has 178 valence electrons. The molecule has 10 heteroatoms. The summed E-state index contributed by atoms with van der Waals surface area (Å²) in [5.41, 5.74) is 2.28. The van der Waals surface area contributed by atoms with E-state index in [4.69, 9.17) is 9.72 Å². The molecule has 0 atom stereocenters. The molecule has 4 rings (SSSR count). The molecule has 0 aliphatic heterocycles. The van der Waals surface area contributed by atoms with Crippen molar-refractivity contribution < 1.29 is 13.2 Å². The second-order valence-electron chi connectivity index (χ2n) is 8.53. The Hall–Kier alpha value is -3.53. The standard InChI is InChI=1S/C24H27N5O4S/c1-5-19-21-22(29(28-19)13-16-8-6-7-11-25-16)24(30)27-23(26-21)18-12-17(34(4,31)32)9-10-20(18)33-14-15(2)3/h6-12,15H,5,13-14H2,1-4H3,(H,26,27,30). The molecule has 0 amide bonds. The Morgan fingerprint density at radius 3 is 2.62 bits per heavy atom. The highest BCUT2D eigenvalue weighted by Crippen LogP contribution is 2.31. The number of ether oxygens (including phenoxy) is 1. The lowest BCUT2D eigenvalue weighted by molar-refractivity contribution is 0.272. The summed E-state index contributed by atoms with van der Waals surface area (Å²) in [5, 5.41) is 4.60. The van der Waals surface area contributed by atoms with E-state index in [2.05, 4.69) is 15.1 Å². The van der Waals surface area contributed by atoms with Crippen LogP contribution in [0.1, 0.15) is 32.2 Å². The zero-order valence-electron chi connectivity index (χ0n) is 19.6. The minimum absolute atomic E-state index is 0.115. The predicted molar refractivity (Wildman–Crippen MR) is 130 cm³/mol. The molecule has 0 spiro atoms. The molecule has 0 aliphatic rings. The van der Waals surface area contributed by atoms with Crippen LogP contribution in [0.2, 0.25) is 0 Å². The number of aromatic amines is 1. The number of hydrogen-bond donors (Lipinski definition) is 1. The average Bonchev–Trinajstić information content (AvgIpc) is 3.15. The molecule has 0 saturated heterocycles. The Kier molecular flexibility index (Phi) is 6.52. The minimum Gasteiger partial charge on any atom is -0.493 e. The van der Waals surface area contributed by atoms with Gasteiger partial charge in [-0.25, -0.2) is 13.4 Å². The third-order valence-electron chi connectivity index (χ3n) is 5.25. The molecule has 4 aromatic rings. The lowest BCUT2D eigenvalue weighted by Gasteiger charge is -2.14. The van der Waals surface area contributed by atoms with E-state index in [0.29, 0.717) is 47.6 Å². The molecule has 9 nitrogen and oxygen atoms in total. The molecule has 1 aromatic carbocycles. The minimum atomic E-state index is -3.48. The molecular weight excluding hydrogens is 454 g/mol. The van der Waals surface area contributed by atoms with Gasteiger partial charge in [0.25, 0.3) is 5.56 Å². The van der Waals surface area contributed by atoms with Gasteiger partial charge in [0.05, 0.1) is 35.0 Å². The van der Waals surface area contributed by atoms with Gasteiger partial charge in [-0.15, -0.1) is 0 Å². The van der Waals surface area contributed by atoms with Gasteiger partial charge in [-0.1, -0.05) is 26.8 Å².